The van der Waals surface area contributed by atoms with Crippen molar-refractivity contribution in [3.8, 4) is 5.75 Å². The van der Waals surface area contributed by atoms with Crippen LogP contribution >= 0.6 is 0 Å². The lowest BCUT2D eigenvalue weighted by molar-refractivity contribution is 0.400. The molecular formula is C16H18N6O2. The summed E-state index contributed by atoms with van der Waals surface area (Å²) in [5, 5.41) is 17.9. The lowest BCUT2D eigenvalue weighted by Crippen LogP contribution is -2.10. The van der Waals surface area contributed by atoms with Crippen LogP contribution in [-0.2, 0) is 6.42 Å². The highest BCUT2D eigenvalue weighted by atomic mass is 16.5. The molecule has 0 spiro atoms. The molecule has 3 aromatic rings. The summed E-state index contributed by atoms with van der Waals surface area (Å²) in [7, 11) is 1.67. The van der Waals surface area contributed by atoms with E-state index in [1.54, 1.807) is 13.2 Å². The molecule has 0 amide bonds. The number of para-hydroxylation sites is 1. The van der Waals surface area contributed by atoms with Crippen LogP contribution in [0, 0.1) is 6.92 Å². The minimum absolute atomic E-state index is 0.440. The van der Waals surface area contributed by atoms with Gasteiger partial charge in [-0.15, -0.1) is 5.10 Å². The van der Waals surface area contributed by atoms with Gasteiger partial charge >= 0.3 is 0 Å². The normalized spacial score (nSPS) is 10.4. The van der Waals surface area contributed by atoms with Gasteiger partial charge in [0, 0.05) is 12.6 Å². The van der Waals surface area contributed by atoms with Gasteiger partial charge < -0.3 is 19.9 Å². The van der Waals surface area contributed by atoms with Crippen molar-refractivity contribution in [1.82, 2.24) is 20.3 Å². The van der Waals surface area contributed by atoms with E-state index in [1.807, 2.05) is 31.2 Å². The zero-order chi connectivity index (χ0) is 16.8. The standard InChI is InChI=1S/C16H18N6O2/c1-11-9-14(22-24-11)19-15-10-18-21-16(20-15)17-8-7-12-5-3-4-6-13(12)23-2/h3-6,9-10H,7-8H2,1-2H3,(H2,17,19,20,21,22). The Balaban J connectivity index is 1.58. The van der Waals surface area contributed by atoms with Crippen LogP contribution in [0.1, 0.15) is 11.3 Å². The van der Waals surface area contributed by atoms with E-state index in [4.69, 9.17) is 9.26 Å². The first-order chi connectivity index (χ1) is 11.7. The molecule has 8 heteroatoms. The lowest BCUT2D eigenvalue weighted by atomic mass is 10.1. The number of anilines is 3. The van der Waals surface area contributed by atoms with Gasteiger partial charge in [0.2, 0.25) is 5.95 Å². The number of ether oxygens (including phenoxy) is 1. The lowest BCUT2D eigenvalue weighted by Gasteiger charge is -2.09. The largest absolute Gasteiger partial charge is 0.496 e. The van der Waals surface area contributed by atoms with Crippen molar-refractivity contribution < 1.29 is 9.26 Å². The zero-order valence-corrected chi connectivity index (χ0v) is 13.5. The molecule has 0 bridgehead atoms. The first kappa shape index (κ1) is 15.7. The van der Waals surface area contributed by atoms with Gasteiger partial charge in [0.25, 0.3) is 0 Å². The second-order valence-corrected chi connectivity index (χ2v) is 5.10. The fraction of sp³-hybridized carbons (Fsp3) is 0.250. The topological polar surface area (TPSA) is 98.0 Å². The van der Waals surface area contributed by atoms with Gasteiger partial charge in [-0.25, -0.2) is 0 Å². The van der Waals surface area contributed by atoms with Gasteiger partial charge in [0.1, 0.15) is 11.5 Å². The van der Waals surface area contributed by atoms with Crippen LogP contribution in [-0.4, -0.2) is 34.0 Å². The maximum Gasteiger partial charge on any atom is 0.244 e. The van der Waals surface area contributed by atoms with Crippen LogP contribution in [0.15, 0.2) is 41.1 Å². The highest BCUT2D eigenvalue weighted by Crippen LogP contribution is 2.18. The molecule has 0 atom stereocenters. The second kappa shape index (κ2) is 7.40. The summed E-state index contributed by atoms with van der Waals surface area (Å²) in [6, 6.07) is 9.68. The van der Waals surface area contributed by atoms with Crippen LogP contribution < -0.4 is 15.4 Å². The van der Waals surface area contributed by atoms with Gasteiger partial charge in [0.05, 0.1) is 13.3 Å². The Labute approximate surface area is 139 Å². The molecule has 0 saturated heterocycles. The third-order valence-electron chi connectivity index (χ3n) is 3.31. The molecule has 0 unspecified atom stereocenters. The number of aromatic nitrogens is 4. The van der Waals surface area contributed by atoms with Crippen molar-refractivity contribution in [3.05, 3.63) is 47.9 Å². The summed E-state index contributed by atoms with van der Waals surface area (Å²) in [6.45, 7) is 2.48. The third-order valence-corrected chi connectivity index (χ3v) is 3.31. The molecular weight excluding hydrogens is 308 g/mol. The highest BCUT2D eigenvalue weighted by Gasteiger charge is 2.05. The number of aryl methyl sites for hydroxylation is 1. The third kappa shape index (κ3) is 3.97. The molecule has 124 valence electrons. The molecule has 2 heterocycles. The van der Waals surface area contributed by atoms with Crippen molar-refractivity contribution in [2.75, 3.05) is 24.3 Å². The Bertz CT molecular complexity index is 805. The van der Waals surface area contributed by atoms with Crippen LogP contribution in [0.25, 0.3) is 0 Å². The maximum absolute atomic E-state index is 5.34. The van der Waals surface area contributed by atoms with Crippen molar-refractivity contribution in [2.24, 2.45) is 0 Å². The minimum Gasteiger partial charge on any atom is -0.496 e. The van der Waals surface area contributed by atoms with Crippen LogP contribution in [0.5, 0.6) is 5.75 Å². The molecule has 0 aliphatic rings. The summed E-state index contributed by atoms with van der Waals surface area (Å²) in [5.41, 5.74) is 1.12. The molecule has 0 radical (unpaired) electrons. The molecule has 24 heavy (non-hydrogen) atoms. The van der Waals surface area contributed by atoms with E-state index in [-0.39, 0.29) is 0 Å². The highest BCUT2D eigenvalue weighted by molar-refractivity contribution is 5.51. The van der Waals surface area contributed by atoms with E-state index in [0.29, 0.717) is 24.1 Å². The first-order valence-corrected chi connectivity index (χ1v) is 7.50. The summed E-state index contributed by atoms with van der Waals surface area (Å²) in [5.74, 6) is 3.14. The number of methoxy groups -OCH3 is 1. The van der Waals surface area contributed by atoms with E-state index < -0.39 is 0 Å². The molecule has 0 fully saturated rings. The maximum atomic E-state index is 5.34. The Kier molecular flexibility index (Phi) is 4.85. The minimum atomic E-state index is 0.440. The second-order valence-electron chi connectivity index (χ2n) is 5.10. The Hall–Kier alpha value is -3.16. The quantitative estimate of drug-likeness (QED) is 0.683. The smallest absolute Gasteiger partial charge is 0.244 e. The summed E-state index contributed by atoms with van der Waals surface area (Å²) in [4.78, 5) is 4.34. The van der Waals surface area contributed by atoms with Gasteiger partial charge in [0.15, 0.2) is 11.6 Å². The molecule has 2 N–H and O–H groups in total. The number of rotatable bonds is 7. The van der Waals surface area contributed by atoms with E-state index in [0.717, 1.165) is 23.5 Å². The average Bonchev–Trinajstić information content (AvgIpc) is 3.00. The molecule has 0 aliphatic carbocycles. The van der Waals surface area contributed by atoms with Crippen LogP contribution in [0.3, 0.4) is 0 Å². The number of benzene rings is 1. The molecule has 2 aromatic heterocycles. The number of nitrogens with one attached hydrogen (secondary N) is 2. The van der Waals surface area contributed by atoms with Crippen LogP contribution in [0.2, 0.25) is 0 Å². The molecule has 1 aromatic carbocycles. The predicted molar refractivity (Wildman–Crippen MR) is 89.5 cm³/mol. The monoisotopic (exact) mass is 326 g/mol. The average molecular weight is 326 g/mol. The first-order valence-electron chi connectivity index (χ1n) is 7.50. The van der Waals surface area contributed by atoms with E-state index >= 15 is 0 Å². The van der Waals surface area contributed by atoms with Gasteiger partial charge in [-0.2, -0.15) is 10.1 Å². The number of nitrogens with zero attached hydrogens (tertiary/aromatic N) is 4. The van der Waals surface area contributed by atoms with Gasteiger partial charge in [-0.3, -0.25) is 0 Å². The predicted octanol–water partition coefficient (Wildman–Crippen LogP) is 2.57. The molecule has 0 saturated carbocycles. The Morgan fingerprint density at radius 2 is 2.08 bits per heavy atom. The number of hydrogen-bond donors (Lipinski definition) is 2. The van der Waals surface area contributed by atoms with Crippen LogP contribution in [0.4, 0.5) is 17.6 Å². The number of hydrogen-bond acceptors (Lipinski definition) is 8. The van der Waals surface area contributed by atoms with E-state index in [9.17, 15) is 0 Å². The summed E-state index contributed by atoms with van der Waals surface area (Å²) < 4.78 is 10.3. The van der Waals surface area contributed by atoms with Crippen molar-refractivity contribution in [3.63, 3.8) is 0 Å². The van der Waals surface area contributed by atoms with E-state index in [1.165, 1.54) is 6.20 Å². The fourth-order valence-electron chi connectivity index (χ4n) is 2.21. The molecule has 0 aliphatic heterocycles. The summed E-state index contributed by atoms with van der Waals surface area (Å²) in [6.07, 6.45) is 2.31. The summed E-state index contributed by atoms with van der Waals surface area (Å²) >= 11 is 0. The SMILES string of the molecule is COc1ccccc1CCNc1nncc(Nc2cc(C)on2)n1. The zero-order valence-electron chi connectivity index (χ0n) is 13.5. The van der Waals surface area contributed by atoms with Crippen molar-refractivity contribution >= 4 is 17.6 Å². The fourth-order valence-corrected chi connectivity index (χ4v) is 2.21. The van der Waals surface area contributed by atoms with Crippen molar-refractivity contribution in [2.45, 2.75) is 13.3 Å². The Morgan fingerprint density at radius 1 is 1.21 bits per heavy atom. The molecule has 3 rings (SSSR count). The van der Waals surface area contributed by atoms with Gasteiger partial charge in [-0.1, -0.05) is 23.4 Å². The Morgan fingerprint density at radius 3 is 2.88 bits per heavy atom. The molecule has 8 nitrogen and oxygen atoms in total. The van der Waals surface area contributed by atoms with Gasteiger partial charge in [-0.05, 0) is 25.0 Å². The van der Waals surface area contributed by atoms with E-state index in [2.05, 4.69) is 31.0 Å². The van der Waals surface area contributed by atoms with Crippen molar-refractivity contribution in [1.29, 1.82) is 0 Å².